The van der Waals surface area contributed by atoms with Crippen LogP contribution >= 0.6 is 23.1 Å². The molecule has 3 rings (SSSR count). The van der Waals surface area contributed by atoms with Crippen LogP contribution in [0.2, 0.25) is 0 Å². The lowest BCUT2D eigenvalue weighted by Gasteiger charge is -2.06. The van der Waals surface area contributed by atoms with Gasteiger partial charge in [0.25, 0.3) is 0 Å². The summed E-state index contributed by atoms with van der Waals surface area (Å²) < 4.78 is 0. The predicted molar refractivity (Wildman–Crippen MR) is 86.6 cm³/mol. The molecule has 2 heterocycles. The fourth-order valence-electron chi connectivity index (χ4n) is 1.73. The Bertz CT molecular complexity index is 758. The number of nitrogens with zero attached hydrogens (tertiary/aromatic N) is 2. The topological polar surface area (TPSA) is 58.0 Å². The summed E-state index contributed by atoms with van der Waals surface area (Å²) in [6, 6.07) is 11.1. The summed E-state index contributed by atoms with van der Waals surface area (Å²) in [4.78, 5) is 10.5. The van der Waals surface area contributed by atoms with Crippen LogP contribution in [0.3, 0.4) is 0 Å². The van der Waals surface area contributed by atoms with Crippen LogP contribution in [0.15, 0.2) is 57.8 Å². The van der Waals surface area contributed by atoms with Crippen LogP contribution in [0.5, 0.6) is 5.75 Å². The lowest BCUT2D eigenvalue weighted by molar-refractivity contribution is 0.462. The number of anilines is 2. The van der Waals surface area contributed by atoms with E-state index in [0.29, 0.717) is 0 Å². The zero-order valence-electron chi connectivity index (χ0n) is 11.3. The maximum atomic E-state index is 9.82. The SMILES string of the molecule is Cc1csc(Nc2cc(Sc3ccccc3O)ccn2)n1. The Balaban J connectivity index is 1.78. The average Bonchev–Trinajstić information content (AvgIpc) is 2.87. The first-order chi connectivity index (χ1) is 10.2. The van der Waals surface area contributed by atoms with Crippen LogP contribution in [0.4, 0.5) is 10.9 Å². The number of para-hydroxylation sites is 1. The quantitative estimate of drug-likeness (QED) is 0.745. The molecule has 0 bridgehead atoms. The van der Waals surface area contributed by atoms with E-state index in [4.69, 9.17) is 0 Å². The van der Waals surface area contributed by atoms with E-state index in [0.717, 1.165) is 26.4 Å². The molecule has 2 aromatic heterocycles. The molecule has 0 saturated heterocycles. The number of nitrogens with one attached hydrogen (secondary N) is 1. The van der Waals surface area contributed by atoms with E-state index < -0.39 is 0 Å². The molecule has 0 unspecified atom stereocenters. The molecule has 6 heteroatoms. The van der Waals surface area contributed by atoms with E-state index in [2.05, 4.69) is 15.3 Å². The summed E-state index contributed by atoms with van der Waals surface area (Å²) >= 11 is 3.04. The molecule has 0 radical (unpaired) electrons. The molecule has 0 spiro atoms. The number of aromatic hydroxyl groups is 1. The summed E-state index contributed by atoms with van der Waals surface area (Å²) in [5.41, 5.74) is 0.988. The maximum Gasteiger partial charge on any atom is 0.188 e. The van der Waals surface area contributed by atoms with Crippen LogP contribution in [-0.2, 0) is 0 Å². The molecule has 4 nitrogen and oxygen atoms in total. The van der Waals surface area contributed by atoms with Crippen molar-refractivity contribution in [2.75, 3.05) is 5.32 Å². The van der Waals surface area contributed by atoms with E-state index in [-0.39, 0.29) is 5.75 Å². The smallest absolute Gasteiger partial charge is 0.188 e. The number of thiazole rings is 1. The summed E-state index contributed by atoms with van der Waals surface area (Å²) in [5.74, 6) is 1.02. The molecule has 0 saturated carbocycles. The van der Waals surface area contributed by atoms with Crippen LogP contribution in [0, 0.1) is 6.92 Å². The number of hydrogen-bond acceptors (Lipinski definition) is 6. The number of phenolic OH excluding ortho intramolecular Hbond substituents is 1. The highest BCUT2D eigenvalue weighted by Gasteiger charge is 2.05. The van der Waals surface area contributed by atoms with Crippen molar-refractivity contribution in [1.82, 2.24) is 9.97 Å². The lowest BCUT2D eigenvalue weighted by atomic mass is 10.3. The number of aromatic nitrogens is 2. The highest BCUT2D eigenvalue weighted by molar-refractivity contribution is 7.99. The maximum absolute atomic E-state index is 9.82. The summed E-state index contributed by atoms with van der Waals surface area (Å²) in [6.45, 7) is 1.96. The van der Waals surface area contributed by atoms with Gasteiger partial charge in [-0.1, -0.05) is 23.9 Å². The molecule has 0 aliphatic heterocycles. The van der Waals surface area contributed by atoms with Crippen molar-refractivity contribution in [1.29, 1.82) is 0 Å². The van der Waals surface area contributed by atoms with Crippen molar-refractivity contribution < 1.29 is 5.11 Å². The minimum absolute atomic E-state index is 0.282. The molecule has 3 aromatic rings. The second-order valence-electron chi connectivity index (χ2n) is 4.37. The fraction of sp³-hybridized carbons (Fsp3) is 0.0667. The van der Waals surface area contributed by atoms with Gasteiger partial charge in [-0.3, -0.25) is 0 Å². The van der Waals surface area contributed by atoms with Gasteiger partial charge >= 0.3 is 0 Å². The minimum atomic E-state index is 0.282. The number of phenols is 1. The molecule has 1 aromatic carbocycles. The Morgan fingerprint density at radius 1 is 1.24 bits per heavy atom. The van der Waals surface area contributed by atoms with E-state index in [9.17, 15) is 5.11 Å². The van der Waals surface area contributed by atoms with E-state index in [1.54, 1.807) is 23.6 Å². The summed E-state index contributed by atoms with van der Waals surface area (Å²) in [7, 11) is 0. The Morgan fingerprint density at radius 2 is 2.10 bits per heavy atom. The van der Waals surface area contributed by atoms with E-state index in [1.165, 1.54) is 11.8 Å². The van der Waals surface area contributed by atoms with Crippen molar-refractivity contribution in [2.45, 2.75) is 16.7 Å². The highest BCUT2D eigenvalue weighted by atomic mass is 32.2. The predicted octanol–water partition coefficient (Wildman–Crippen LogP) is 4.45. The van der Waals surface area contributed by atoms with Crippen LogP contribution in [0.1, 0.15) is 5.69 Å². The van der Waals surface area contributed by atoms with Crippen LogP contribution in [0.25, 0.3) is 0 Å². The van der Waals surface area contributed by atoms with Gasteiger partial charge in [-0.25, -0.2) is 9.97 Å². The van der Waals surface area contributed by atoms with Crippen molar-refractivity contribution in [3.8, 4) is 5.75 Å². The first kappa shape index (κ1) is 13.9. The number of rotatable bonds is 4. The van der Waals surface area contributed by atoms with Gasteiger partial charge in [0.1, 0.15) is 11.6 Å². The number of aryl methyl sites for hydroxylation is 1. The average molecular weight is 315 g/mol. The zero-order chi connectivity index (χ0) is 14.7. The molecule has 106 valence electrons. The third-order valence-electron chi connectivity index (χ3n) is 2.68. The van der Waals surface area contributed by atoms with E-state index in [1.807, 2.05) is 42.6 Å². The van der Waals surface area contributed by atoms with E-state index >= 15 is 0 Å². The van der Waals surface area contributed by atoms with Gasteiger partial charge in [-0.05, 0) is 31.2 Å². The summed E-state index contributed by atoms with van der Waals surface area (Å²) in [6.07, 6.45) is 1.74. The number of benzene rings is 1. The van der Waals surface area contributed by atoms with Crippen LogP contribution in [-0.4, -0.2) is 15.1 Å². The Labute approximate surface area is 130 Å². The fourth-order valence-corrected chi connectivity index (χ4v) is 3.30. The van der Waals surface area contributed by atoms with Gasteiger partial charge in [0.2, 0.25) is 0 Å². The first-order valence-corrected chi connectivity index (χ1v) is 8.01. The van der Waals surface area contributed by atoms with Crippen LogP contribution < -0.4 is 5.32 Å². The van der Waals surface area contributed by atoms with Gasteiger partial charge in [-0.2, -0.15) is 0 Å². The van der Waals surface area contributed by atoms with Gasteiger partial charge < -0.3 is 10.4 Å². The zero-order valence-corrected chi connectivity index (χ0v) is 12.9. The standard InChI is InChI=1S/C15H13N3OS2/c1-10-9-20-15(17-10)18-14-8-11(6-7-16-14)21-13-5-3-2-4-12(13)19/h2-9,19H,1H3,(H,16,17,18). The first-order valence-electron chi connectivity index (χ1n) is 6.32. The molecular formula is C15H13N3OS2. The minimum Gasteiger partial charge on any atom is -0.507 e. The monoisotopic (exact) mass is 315 g/mol. The largest absolute Gasteiger partial charge is 0.507 e. The third kappa shape index (κ3) is 3.53. The molecule has 2 N–H and O–H groups in total. The molecule has 0 fully saturated rings. The molecule has 0 amide bonds. The highest BCUT2D eigenvalue weighted by Crippen LogP contribution is 2.34. The van der Waals surface area contributed by atoms with Crippen molar-refractivity contribution >= 4 is 34.0 Å². The van der Waals surface area contributed by atoms with Crippen molar-refractivity contribution in [3.05, 3.63) is 53.7 Å². The van der Waals surface area contributed by atoms with Gasteiger partial charge in [0.05, 0.1) is 10.6 Å². The number of hydrogen-bond donors (Lipinski definition) is 2. The van der Waals surface area contributed by atoms with Gasteiger partial charge in [0, 0.05) is 16.5 Å². The van der Waals surface area contributed by atoms with Crippen molar-refractivity contribution in [3.63, 3.8) is 0 Å². The third-order valence-corrected chi connectivity index (χ3v) is 4.61. The molecule has 0 atom stereocenters. The Kier molecular flexibility index (Phi) is 4.08. The van der Waals surface area contributed by atoms with Gasteiger partial charge in [-0.15, -0.1) is 11.3 Å². The Hall–Kier alpha value is -2.05. The molecular weight excluding hydrogens is 302 g/mol. The number of pyridine rings is 1. The van der Waals surface area contributed by atoms with Crippen molar-refractivity contribution in [2.24, 2.45) is 0 Å². The summed E-state index contributed by atoms with van der Waals surface area (Å²) in [5, 5.41) is 15.8. The second-order valence-corrected chi connectivity index (χ2v) is 6.34. The van der Waals surface area contributed by atoms with Gasteiger partial charge in [0.15, 0.2) is 5.13 Å². The molecule has 0 aliphatic carbocycles. The molecule has 0 aliphatic rings. The second kappa shape index (κ2) is 6.15. The Morgan fingerprint density at radius 3 is 2.86 bits per heavy atom. The lowest BCUT2D eigenvalue weighted by Crippen LogP contribution is -1.92. The molecule has 21 heavy (non-hydrogen) atoms. The normalized spacial score (nSPS) is 10.5.